The minimum absolute atomic E-state index is 0.0320. The number of fused-ring (bicyclic) bond motifs is 1. The highest BCUT2D eigenvalue weighted by molar-refractivity contribution is 5.95. The van der Waals surface area contributed by atoms with Crippen LogP contribution in [0.3, 0.4) is 0 Å². The second kappa shape index (κ2) is 6.23. The van der Waals surface area contributed by atoms with E-state index in [0.717, 1.165) is 24.8 Å². The van der Waals surface area contributed by atoms with Gasteiger partial charge in [-0.25, -0.2) is 0 Å². The van der Waals surface area contributed by atoms with Crippen LogP contribution in [0.5, 0.6) is 0 Å². The summed E-state index contributed by atoms with van der Waals surface area (Å²) in [6, 6.07) is 3.65. The normalized spacial score (nSPS) is 25.7. The smallest absolute Gasteiger partial charge is 0.292 e. The van der Waals surface area contributed by atoms with E-state index in [2.05, 4.69) is 5.32 Å². The number of aryl methyl sites for hydroxylation is 1. The van der Waals surface area contributed by atoms with Gasteiger partial charge in [-0.15, -0.1) is 0 Å². The van der Waals surface area contributed by atoms with E-state index in [-0.39, 0.29) is 34.1 Å². The average molecular weight is 359 g/mol. The number of nitro groups is 1. The SMILES string of the molecule is CCO[C@@H]1C[C@H](N(C)c2cc3c(cc2[N+](=O)[O-])CCC(=O)N3)C12CCC2. The third-order valence-electron chi connectivity index (χ3n) is 6.53. The van der Waals surface area contributed by atoms with Gasteiger partial charge in [0.25, 0.3) is 5.69 Å². The predicted molar refractivity (Wildman–Crippen MR) is 98.6 cm³/mol. The summed E-state index contributed by atoms with van der Waals surface area (Å²) in [7, 11) is 1.94. The van der Waals surface area contributed by atoms with E-state index in [1.165, 1.54) is 6.42 Å². The molecule has 0 saturated heterocycles. The Morgan fingerprint density at radius 2 is 2.15 bits per heavy atom. The van der Waals surface area contributed by atoms with Gasteiger partial charge < -0.3 is 15.0 Å². The van der Waals surface area contributed by atoms with Crippen LogP contribution in [-0.2, 0) is 16.0 Å². The molecule has 1 aliphatic heterocycles. The van der Waals surface area contributed by atoms with Gasteiger partial charge in [0, 0.05) is 43.3 Å². The van der Waals surface area contributed by atoms with Crippen LogP contribution in [0.1, 0.15) is 44.6 Å². The molecule has 0 unspecified atom stereocenters. The quantitative estimate of drug-likeness (QED) is 0.644. The number of rotatable bonds is 5. The van der Waals surface area contributed by atoms with E-state index >= 15 is 0 Å². The second-order valence-corrected chi connectivity index (χ2v) is 7.70. The molecule has 2 atom stereocenters. The molecule has 3 aliphatic rings. The first-order valence-corrected chi connectivity index (χ1v) is 9.42. The number of benzene rings is 1. The van der Waals surface area contributed by atoms with Gasteiger partial charge >= 0.3 is 0 Å². The highest BCUT2D eigenvalue weighted by atomic mass is 16.6. The van der Waals surface area contributed by atoms with Crippen molar-refractivity contribution >= 4 is 23.0 Å². The number of ether oxygens (including phenoxy) is 1. The second-order valence-electron chi connectivity index (χ2n) is 7.70. The summed E-state index contributed by atoms with van der Waals surface area (Å²) >= 11 is 0. The zero-order valence-corrected chi connectivity index (χ0v) is 15.3. The molecule has 0 radical (unpaired) electrons. The first-order chi connectivity index (χ1) is 12.5. The van der Waals surface area contributed by atoms with Gasteiger partial charge in [0.1, 0.15) is 5.69 Å². The molecule has 1 aromatic carbocycles. The maximum absolute atomic E-state index is 11.7. The van der Waals surface area contributed by atoms with Crippen molar-refractivity contribution < 1.29 is 14.5 Å². The Morgan fingerprint density at radius 1 is 1.38 bits per heavy atom. The van der Waals surface area contributed by atoms with Crippen LogP contribution >= 0.6 is 0 Å². The summed E-state index contributed by atoms with van der Waals surface area (Å²) < 4.78 is 5.92. The molecule has 140 valence electrons. The Morgan fingerprint density at radius 3 is 2.77 bits per heavy atom. The molecule has 7 nitrogen and oxygen atoms in total. The zero-order chi connectivity index (χ0) is 18.5. The van der Waals surface area contributed by atoms with E-state index in [4.69, 9.17) is 4.74 Å². The highest BCUT2D eigenvalue weighted by Gasteiger charge is 2.60. The lowest BCUT2D eigenvalue weighted by Gasteiger charge is -2.63. The van der Waals surface area contributed by atoms with Crippen molar-refractivity contribution in [2.45, 2.75) is 57.6 Å². The fraction of sp³-hybridized carbons (Fsp3) is 0.632. The summed E-state index contributed by atoms with van der Waals surface area (Å²) in [5.41, 5.74) is 2.38. The zero-order valence-electron chi connectivity index (χ0n) is 15.3. The van der Waals surface area contributed by atoms with Gasteiger partial charge in [0.15, 0.2) is 0 Å². The maximum Gasteiger partial charge on any atom is 0.292 e. The van der Waals surface area contributed by atoms with Crippen LogP contribution in [0.15, 0.2) is 12.1 Å². The highest BCUT2D eigenvalue weighted by Crippen LogP contribution is 2.59. The molecule has 4 rings (SSSR count). The van der Waals surface area contributed by atoms with E-state index in [1.807, 2.05) is 18.9 Å². The van der Waals surface area contributed by atoms with Crippen molar-refractivity contribution in [1.29, 1.82) is 0 Å². The third kappa shape index (κ3) is 2.48. The molecule has 0 aromatic heterocycles. The lowest BCUT2D eigenvalue weighted by molar-refractivity contribution is -0.384. The van der Waals surface area contributed by atoms with E-state index < -0.39 is 0 Å². The van der Waals surface area contributed by atoms with E-state index in [0.29, 0.717) is 30.8 Å². The van der Waals surface area contributed by atoms with Crippen molar-refractivity contribution in [3.63, 3.8) is 0 Å². The Bertz CT molecular complexity index is 759. The first kappa shape index (κ1) is 17.3. The van der Waals surface area contributed by atoms with Gasteiger partial charge in [-0.1, -0.05) is 6.42 Å². The van der Waals surface area contributed by atoms with E-state index in [1.54, 1.807) is 12.1 Å². The van der Waals surface area contributed by atoms with Crippen LogP contribution in [0, 0.1) is 15.5 Å². The lowest BCUT2D eigenvalue weighted by Crippen LogP contribution is -2.67. The predicted octanol–water partition coefficient (Wildman–Crippen LogP) is 3.26. The molecular formula is C19H25N3O4. The molecule has 7 heteroatoms. The van der Waals surface area contributed by atoms with Gasteiger partial charge in [-0.3, -0.25) is 14.9 Å². The Hall–Kier alpha value is -2.15. The summed E-state index contributed by atoms with van der Waals surface area (Å²) in [6.07, 6.45) is 5.49. The average Bonchev–Trinajstić information content (AvgIpc) is 2.55. The Kier molecular flexibility index (Phi) is 4.14. The first-order valence-electron chi connectivity index (χ1n) is 9.42. The van der Waals surface area contributed by atoms with Crippen LogP contribution in [0.2, 0.25) is 0 Å². The largest absolute Gasteiger partial charge is 0.378 e. The number of nitrogens with zero attached hydrogens (tertiary/aromatic N) is 2. The monoisotopic (exact) mass is 359 g/mol. The van der Waals surface area contributed by atoms with Crippen molar-refractivity contribution in [2.24, 2.45) is 5.41 Å². The van der Waals surface area contributed by atoms with Gasteiger partial charge in [0.05, 0.1) is 11.0 Å². The molecule has 2 aliphatic carbocycles. The minimum Gasteiger partial charge on any atom is -0.378 e. The molecule has 1 N–H and O–H groups in total. The molecule has 2 saturated carbocycles. The van der Waals surface area contributed by atoms with Crippen molar-refractivity contribution in [2.75, 3.05) is 23.9 Å². The van der Waals surface area contributed by atoms with Crippen LogP contribution in [-0.4, -0.2) is 36.6 Å². The number of carbonyl (C=O) groups is 1. The summed E-state index contributed by atoms with van der Waals surface area (Å²) in [4.78, 5) is 25.1. The minimum atomic E-state index is -0.311. The van der Waals surface area contributed by atoms with Crippen molar-refractivity contribution in [3.8, 4) is 0 Å². The Labute approximate surface area is 152 Å². The molecular weight excluding hydrogens is 334 g/mol. The molecule has 1 heterocycles. The fourth-order valence-electron chi connectivity index (χ4n) is 4.95. The standard InChI is InChI=1S/C19H25N3O4/c1-3-26-17-11-16(19(17)7-4-8-19)21(2)14-10-13-12(5-6-18(23)20-13)9-15(14)22(24)25/h9-10,16-17H,3-8,11H2,1-2H3,(H,20,23)/t16-,17+/m0/s1. The molecule has 2 fully saturated rings. The summed E-state index contributed by atoms with van der Waals surface area (Å²) in [5, 5.41) is 14.5. The topological polar surface area (TPSA) is 84.7 Å². The molecule has 1 amide bonds. The summed E-state index contributed by atoms with van der Waals surface area (Å²) in [6.45, 7) is 2.72. The van der Waals surface area contributed by atoms with Crippen molar-refractivity contribution in [3.05, 3.63) is 27.8 Å². The van der Waals surface area contributed by atoms with E-state index in [9.17, 15) is 14.9 Å². The summed E-state index contributed by atoms with van der Waals surface area (Å²) in [5.74, 6) is -0.0320. The number of nitro benzene ring substituents is 1. The van der Waals surface area contributed by atoms with Crippen molar-refractivity contribution in [1.82, 2.24) is 0 Å². The molecule has 0 bridgehead atoms. The van der Waals surface area contributed by atoms with Crippen LogP contribution in [0.4, 0.5) is 17.1 Å². The number of nitrogens with one attached hydrogen (secondary N) is 1. The molecule has 1 aromatic rings. The lowest BCUT2D eigenvalue weighted by atomic mass is 9.50. The molecule has 1 spiro atoms. The maximum atomic E-state index is 11.7. The Balaban J connectivity index is 1.67. The number of carbonyl (C=O) groups excluding carboxylic acids is 1. The number of anilines is 2. The van der Waals surface area contributed by atoms with Gasteiger partial charge in [0.2, 0.25) is 5.91 Å². The number of amides is 1. The molecule has 26 heavy (non-hydrogen) atoms. The van der Waals surface area contributed by atoms with Gasteiger partial charge in [-0.2, -0.15) is 0 Å². The van der Waals surface area contributed by atoms with Crippen LogP contribution in [0.25, 0.3) is 0 Å². The fourth-order valence-corrected chi connectivity index (χ4v) is 4.95. The number of hydrogen-bond acceptors (Lipinski definition) is 5. The van der Waals surface area contributed by atoms with Gasteiger partial charge in [-0.05, 0) is 44.2 Å². The third-order valence-corrected chi connectivity index (χ3v) is 6.53. The van der Waals surface area contributed by atoms with Crippen LogP contribution < -0.4 is 10.2 Å². The number of hydrogen-bond donors (Lipinski definition) is 1.